The molecule has 1 N–H and O–H groups in total. The van der Waals surface area contributed by atoms with Crippen molar-refractivity contribution >= 4 is 22.5 Å². The summed E-state index contributed by atoms with van der Waals surface area (Å²) in [5.41, 5.74) is 4.55. The number of non-ortho nitro benzene ring substituents is 1. The van der Waals surface area contributed by atoms with Crippen LogP contribution in [0.25, 0.3) is 33.4 Å². The van der Waals surface area contributed by atoms with Crippen LogP contribution in [0.3, 0.4) is 0 Å². The average molecular weight is 383 g/mol. The molecule has 1 aliphatic rings. The minimum absolute atomic E-state index is 0.0780. The van der Waals surface area contributed by atoms with Gasteiger partial charge in [0.25, 0.3) is 5.69 Å². The monoisotopic (exact) mass is 383 g/mol. The summed E-state index contributed by atoms with van der Waals surface area (Å²) in [5, 5.41) is 15.3. The van der Waals surface area contributed by atoms with Crippen molar-refractivity contribution in [2.24, 2.45) is 4.99 Å². The van der Waals surface area contributed by atoms with Crippen molar-refractivity contribution in [3.05, 3.63) is 88.5 Å². The molecule has 6 heteroatoms. The Labute approximate surface area is 166 Å². The van der Waals surface area contributed by atoms with Gasteiger partial charge >= 0.3 is 0 Å². The molecule has 0 saturated heterocycles. The topological polar surface area (TPSA) is 80.7 Å². The molecule has 4 aromatic rings. The minimum Gasteiger partial charge on any atom is -0.456 e. The van der Waals surface area contributed by atoms with Crippen LogP contribution in [0.4, 0.5) is 5.69 Å². The van der Waals surface area contributed by atoms with Gasteiger partial charge in [-0.1, -0.05) is 42.5 Å². The van der Waals surface area contributed by atoms with Gasteiger partial charge in [0.15, 0.2) is 0 Å². The predicted octanol–water partition coefficient (Wildman–Crippen LogP) is 5.02. The minimum atomic E-state index is -0.380. The van der Waals surface area contributed by atoms with Crippen molar-refractivity contribution in [3.8, 4) is 22.5 Å². The Morgan fingerprint density at radius 3 is 2.55 bits per heavy atom. The number of hydrogen-bond donors (Lipinski definition) is 1. The number of nitro groups is 1. The van der Waals surface area contributed by atoms with Crippen LogP contribution in [0.2, 0.25) is 0 Å². The second kappa shape index (κ2) is 6.91. The van der Waals surface area contributed by atoms with Gasteiger partial charge in [-0.2, -0.15) is 0 Å². The van der Waals surface area contributed by atoms with E-state index in [1.807, 2.05) is 54.6 Å². The standard InChI is InChI=1S/C23H17N3O3/c27-26(28)18-5-3-4-15(13-18)16-8-9-21-17(12-16)14-22(29-21)19-6-1-2-7-20(19)23-24-10-11-25-23/h1-9,12-14H,10-11H2,(H,24,25). The molecule has 142 valence electrons. The second-order valence-electron chi connectivity index (χ2n) is 6.87. The van der Waals surface area contributed by atoms with E-state index in [1.165, 1.54) is 6.07 Å². The van der Waals surface area contributed by atoms with Gasteiger partial charge in [-0.25, -0.2) is 0 Å². The van der Waals surface area contributed by atoms with Crippen LogP contribution in [0.5, 0.6) is 0 Å². The van der Waals surface area contributed by atoms with Crippen LogP contribution in [0.1, 0.15) is 5.56 Å². The molecule has 0 radical (unpaired) electrons. The first-order chi connectivity index (χ1) is 14.2. The highest BCUT2D eigenvalue weighted by Crippen LogP contribution is 2.33. The lowest BCUT2D eigenvalue weighted by molar-refractivity contribution is -0.384. The third-order valence-electron chi connectivity index (χ3n) is 5.03. The van der Waals surface area contributed by atoms with Crippen LogP contribution in [-0.2, 0) is 0 Å². The Morgan fingerprint density at radius 2 is 1.76 bits per heavy atom. The number of benzene rings is 3. The Bertz CT molecular complexity index is 1270. The first-order valence-electron chi connectivity index (χ1n) is 9.35. The van der Waals surface area contributed by atoms with Crippen molar-refractivity contribution in [3.63, 3.8) is 0 Å². The average Bonchev–Trinajstić information content (AvgIpc) is 3.43. The van der Waals surface area contributed by atoms with E-state index in [2.05, 4.69) is 10.3 Å². The summed E-state index contributed by atoms with van der Waals surface area (Å²) in [7, 11) is 0. The highest BCUT2D eigenvalue weighted by Gasteiger charge is 2.16. The zero-order chi connectivity index (χ0) is 19.8. The number of amidine groups is 1. The van der Waals surface area contributed by atoms with E-state index in [9.17, 15) is 10.1 Å². The van der Waals surface area contributed by atoms with Crippen molar-refractivity contribution in [2.45, 2.75) is 0 Å². The first kappa shape index (κ1) is 17.2. The van der Waals surface area contributed by atoms with Crippen LogP contribution in [0, 0.1) is 10.1 Å². The lowest BCUT2D eigenvalue weighted by atomic mass is 10.0. The van der Waals surface area contributed by atoms with E-state index in [0.717, 1.165) is 57.9 Å². The number of nitro benzene ring substituents is 1. The number of furan rings is 1. The molecule has 0 saturated carbocycles. The van der Waals surface area contributed by atoms with Crippen molar-refractivity contribution in [1.29, 1.82) is 0 Å². The summed E-state index contributed by atoms with van der Waals surface area (Å²) in [6.45, 7) is 1.62. The van der Waals surface area contributed by atoms with Gasteiger partial charge in [-0.15, -0.1) is 0 Å². The number of rotatable bonds is 4. The molecule has 3 aromatic carbocycles. The molecular weight excluding hydrogens is 366 g/mol. The van der Waals surface area contributed by atoms with E-state index in [0.29, 0.717) is 0 Å². The molecule has 1 aromatic heterocycles. The van der Waals surface area contributed by atoms with E-state index < -0.39 is 0 Å². The van der Waals surface area contributed by atoms with E-state index in [1.54, 1.807) is 12.1 Å². The summed E-state index contributed by atoms with van der Waals surface area (Å²) < 4.78 is 6.12. The summed E-state index contributed by atoms with van der Waals surface area (Å²) in [4.78, 5) is 15.2. The molecule has 1 aliphatic heterocycles. The number of aliphatic imine (C=N–C) groups is 1. The molecule has 29 heavy (non-hydrogen) atoms. The summed E-state index contributed by atoms with van der Waals surface area (Å²) in [6, 6.07) is 22.5. The van der Waals surface area contributed by atoms with Crippen LogP contribution in [-0.4, -0.2) is 23.8 Å². The Hall–Kier alpha value is -3.93. The smallest absolute Gasteiger partial charge is 0.270 e. The van der Waals surface area contributed by atoms with Gasteiger partial charge in [0.1, 0.15) is 17.2 Å². The van der Waals surface area contributed by atoms with E-state index in [4.69, 9.17) is 4.42 Å². The van der Waals surface area contributed by atoms with Gasteiger partial charge < -0.3 is 9.73 Å². The molecule has 0 amide bonds. The number of hydrogen-bond acceptors (Lipinski definition) is 5. The van der Waals surface area contributed by atoms with Crippen LogP contribution < -0.4 is 5.32 Å². The molecule has 0 spiro atoms. The number of fused-ring (bicyclic) bond motifs is 1. The Balaban J connectivity index is 1.58. The molecule has 0 atom stereocenters. The molecule has 5 rings (SSSR count). The summed E-state index contributed by atoms with van der Waals surface area (Å²) in [5.74, 6) is 1.65. The lowest BCUT2D eigenvalue weighted by Crippen LogP contribution is -2.20. The van der Waals surface area contributed by atoms with Crippen molar-refractivity contribution in [1.82, 2.24) is 5.32 Å². The molecular formula is C23H17N3O3. The van der Waals surface area contributed by atoms with Crippen LogP contribution >= 0.6 is 0 Å². The van der Waals surface area contributed by atoms with Gasteiger partial charge in [-0.05, 0) is 29.3 Å². The largest absolute Gasteiger partial charge is 0.456 e. The number of nitrogens with one attached hydrogen (secondary N) is 1. The molecule has 6 nitrogen and oxygen atoms in total. The summed E-state index contributed by atoms with van der Waals surface area (Å²) in [6.07, 6.45) is 0. The zero-order valence-electron chi connectivity index (χ0n) is 15.5. The third kappa shape index (κ3) is 3.14. The number of nitrogens with zero attached hydrogens (tertiary/aromatic N) is 2. The SMILES string of the molecule is O=[N+]([O-])c1cccc(-c2ccc3oc(-c4ccccc4C4=NCCN4)cc3c2)c1. The highest BCUT2D eigenvalue weighted by atomic mass is 16.6. The first-order valence-corrected chi connectivity index (χ1v) is 9.35. The van der Waals surface area contributed by atoms with Crippen LogP contribution in [0.15, 0.2) is 82.2 Å². The summed E-state index contributed by atoms with van der Waals surface area (Å²) >= 11 is 0. The van der Waals surface area contributed by atoms with Gasteiger partial charge in [0.05, 0.1) is 11.5 Å². The molecule has 0 bridgehead atoms. The van der Waals surface area contributed by atoms with Crippen molar-refractivity contribution in [2.75, 3.05) is 13.1 Å². The fraction of sp³-hybridized carbons (Fsp3) is 0.0870. The lowest BCUT2D eigenvalue weighted by Gasteiger charge is -2.07. The van der Waals surface area contributed by atoms with Crippen molar-refractivity contribution < 1.29 is 9.34 Å². The van der Waals surface area contributed by atoms with Gasteiger partial charge in [0, 0.05) is 35.2 Å². The zero-order valence-corrected chi connectivity index (χ0v) is 15.5. The Morgan fingerprint density at radius 1 is 0.931 bits per heavy atom. The quantitative estimate of drug-likeness (QED) is 0.396. The highest BCUT2D eigenvalue weighted by molar-refractivity contribution is 6.05. The molecule has 0 fully saturated rings. The maximum atomic E-state index is 11.1. The maximum absolute atomic E-state index is 11.1. The normalized spacial score (nSPS) is 13.3. The third-order valence-corrected chi connectivity index (χ3v) is 5.03. The molecule has 0 aliphatic carbocycles. The van der Waals surface area contributed by atoms with E-state index >= 15 is 0 Å². The van der Waals surface area contributed by atoms with E-state index in [-0.39, 0.29) is 10.6 Å². The fourth-order valence-electron chi connectivity index (χ4n) is 3.64. The predicted molar refractivity (Wildman–Crippen MR) is 113 cm³/mol. The second-order valence-corrected chi connectivity index (χ2v) is 6.87. The molecule has 2 heterocycles. The fourth-order valence-corrected chi connectivity index (χ4v) is 3.64. The van der Waals surface area contributed by atoms with Gasteiger partial charge in [-0.3, -0.25) is 15.1 Å². The maximum Gasteiger partial charge on any atom is 0.270 e. The molecule has 0 unspecified atom stereocenters. The Kier molecular flexibility index (Phi) is 4.09. The van der Waals surface area contributed by atoms with Gasteiger partial charge in [0.2, 0.25) is 0 Å².